The number of hydrogen-bond donors (Lipinski definition) is 0. The van der Waals surface area contributed by atoms with Gasteiger partial charge in [-0.3, -0.25) is 4.79 Å². The van der Waals surface area contributed by atoms with E-state index in [0.717, 1.165) is 6.08 Å². The van der Waals surface area contributed by atoms with Crippen LogP contribution in [-0.2, 0) is 9.53 Å². The standard InChI is InChI=1S/C18H13F3O3/c19-18(20,21)17(16(23)14-9-5-2-6-10-14)24-15(22)12-11-13-7-3-1-4-8-13/h1-12,17H/b12-11+. The molecule has 0 saturated carbocycles. The maximum Gasteiger partial charge on any atom is 0.433 e. The van der Waals surface area contributed by atoms with Crippen LogP contribution in [0.5, 0.6) is 0 Å². The van der Waals surface area contributed by atoms with Crippen LogP contribution in [0.25, 0.3) is 6.08 Å². The molecule has 2 aromatic rings. The van der Waals surface area contributed by atoms with E-state index in [9.17, 15) is 22.8 Å². The van der Waals surface area contributed by atoms with Crippen molar-refractivity contribution in [1.29, 1.82) is 0 Å². The summed E-state index contributed by atoms with van der Waals surface area (Å²) in [7, 11) is 0. The molecule has 6 heteroatoms. The highest BCUT2D eigenvalue weighted by atomic mass is 19.4. The molecule has 0 bridgehead atoms. The summed E-state index contributed by atoms with van der Waals surface area (Å²) in [4.78, 5) is 23.6. The maximum atomic E-state index is 13.1. The fourth-order valence-corrected chi connectivity index (χ4v) is 1.91. The molecule has 2 aromatic carbocycles. The summed E-state index contributed by atoms with van der Waals surface area (Å²) in [5.74, 6) is -2.56. The van der Waals surface area contributed by atoms with Gasteiger partial charge in [-0.1, -0.05) is 60.7 Å². The number of carbonyl (C=O) groups excluding carboxylic acids is 2. The second-order valence-electron chi connectivity index (χ2n) is 4.83. The van der Waals surface area contributed by atoms with Gasteiger partial charge in [0, 0.05) is 11.6 Å². The van der Waals surface area contributed by atoms with Crippen molar-refractivity contribution in [3.8, 4) is 0 Å². The van der Waals surface area contributed by atoms with Crippen molar-refractivity contribution in [1.82, 2.24) is 0 Å². The van der Waals surface area contributed by atoms with Crippen molar-refractivity contribution in [3.63, 3.8) is 0 Å². The van der Waals surface area contributed by atoms with Gasteiger partial charge < -0.3 is 4.74 Å². The van der Waals surface area contributed by atoms with E-state index in [2.05, 4.69) is 4.74 Å². The zero-order valence-electron chi connectivity index (χ0n) is 12.4. The van der Waals surface area contributed by atoms with Gasteiger partial charge in [0.2, 0.25) is 5.78 Å². The minimum Gasteiger partial charge on any atom is -0.441 e. The Labute approximate surface area is 136 Å². The van der Waals surface area contributed by atoms with Crippen LogP contribution in [0.3, 0.4) is 0 Å². The van der Waals surface area contributed by atoms with Gasteiger partial charge in [0.1, 0.15) is 0 Å². The largest absolute Gasteiger partial charge is 0.441 e. The molecular weight excluding hydrogens is 321 g/mol. The van der Waals surface area contributed by atoms with Gasteiger partial charge in [-0.2, -0.15) is 13.2 Å². The Morgan fingerprint density at radius 3 is 2.00 bits per heavy atom. The lowest BCUT2D eigenvalue weighted by molar-refractivity contribution is -0.204. The number of ether oxygens (including phenoxy) is 1. The fraction of sp³-hybridized carbons (Fsp3) is 0.111. The molecular formula is C18H13F3O3. The molecule has 24 heavy (non-hydrogen) atoms. The molecule has 0 aliphatic carbocycles. The Hall–Kier alpha value is -2.89. The third-order valence-corrected chi connectivity index (χ3v) is 3.04. The second kappa shape index (κ2) is 7.59. The van der Waals surface area contributed by atoms with Crippen LogP contribution in [-0.4, -0.2) is 24.0 Å². The van der Waals surface area contributed by atoms with E-state index >= 15 is 0 Å². The van der Waals surface area contributed by atoms with Crippen molar-refractivity contribution in [2.24, 2.45) is 0 Å². The molecule has 0 heterocycles. The Morgan fingerprint density at radius 2 is 1.46 bits per heavy atom. The van der Waals surface area contributed by atoms with E-state index in [0.29, 0.717) is 5.56 Å². The summed E-state index contributed by atoms with van der Waals surface area (Å²) >= 11 is 0. The molecule has 124 valence electrons. The molecule has 0 spiro atoms. The monoisotopic (exact) mass is 334 g/mol. The highest BCUT2D eigenvalue weighted by Crippen LogP contribution is 2.26. The third-order valence-electron chi connectivity index (χ3n) is 3.04. The van der Waals surface area contributed by atoms with Crippen molar-refractivity contribution in [3.05, 3.63) is 77.9 Å². The van der Waals surface area contributed by atoms with Gasteiger partial charge in [0.15, 0.2) is 0 Å². The van der Waals surface area contributed by atoms with Crippen molar-refractivity contribution in [2.75, 3.05) is 0 Å². The molecule has 0 fully saturated rings. The van der Waals surface area contributed by atoms with Crippen LogP contribution in [0.4, 0.5) is 13.2 Å². The van der Waals surface area contributed by atoms with Crippen LogP contribution in [0.15, 0.2) is 66.7 Å². The van der Waals surface area contributed by atoms with Crippen molar-refractivity contribution >= 4 is 17.8 Å². The SMILES string of the molecule is O=C(/C=C/c1ccccc1)OC(C(=O)c1ccccc1)C(F)(F)F. The molecule has 0 N–H and O–H groups in total. The van der Waals surface area contributed by atoms with Gasteiger partial charge in [-0.25, -0.2) is 4.79 Å². The van der Waals surface area contributed by atoms with Crippen molar-refractivity contribution in [2.45, 2.75) is 12.3 Å². The number of benzene rings is 2. The van der Waals surface area contributed by atoms with E-state index < -0.39 is 24.0 Å². The topological polar surface area (TPSA) is 43.4 Å². The summed E-state index contributed by atoms with van der Waals surface area (Å²) in [5.41, 5.74) is 0.437. The van der Waals surface area contributed by atoms with Crippen LogP contribution >= 0.6 is 0 Å². The molecule has 0 radical (unpaired) electrons. The highest BCUT2D eigenvalue weighted by molar-refractivity contribution is 6.01. The summed E-state index contributed by atoms with van der Waals surface area (Å²) in [6.45, 7) is 0. The maximum absolute atomic E-state index is 13.1. The Morgan fingerprint density at radius 1 is 0.917 bits per heavy atom. The first-order valence-electron chi connectivity index (χ1n) is 6.97. The summed E-state index contributed by atoms with van der Waals surface area (Å²) in [6.07, 6.45) is -5.68. The summed E-state index contributed by atoms with van der Waals surface area (Å²) < 4.78 is 43.5. The molecule has 0 aromatic heterocycles. The quantitative estimate of drug-likeness (QED) is 0.470. The van der Waals surface area contributed by atoms with E-state index in [1.54, 1.807) is 36.4 Å². The summed E-state index contributed by atoms with van der Waals surface area (Å²) in [6, 6.07) is 15.4. The lowest BCUT2D eigenvalue weighted by Crippen LogP contribution is -2.40. The predicted molar refractivity (Wildman–Crippen MR) is 82.2 cm³/mol. The Balaban J connectivity index is 2.13. The van der Waals surface area contributed by atoms with Gasteiger partial charge in [0.05, 0.1) is 0 Å². The number of halogens is 3. The number of hydrogen-bond acceptors (Lipinski definition) is 3. The van der Waals surface area contributed by atoms with Gasteiger partial charge in [-0.15, -0.1) is 0 Å². The average molecular weight is 334 g/mol. The number of alkyl halides is 3. The lowest BCUT2D eigenvalue weighted by atomic mass is 10.1. The lowest BCUT2D eigenvalue weighted by Gasteiger charge is -2.18. The number of rotatable bonds is 5. The third kappa shape index (κ3) is 4.81. The highest BCUT2D eigenvalue weighted by Gasteiger charge is 2.48. The average Bonchev–Trinajstić information content (AvgIpc) is 2.58. The zero-order valence-corrected chi connectivity index (χ0v) is 12.4. The van der Waals surface area contributed by atoms with Gasteiger partial charge >= 0.3 is 12.1 Å². The Bertz CT molecular complexity index is 722. The van der Waals surface area contributed by atoms with Crippen LogP contribution in [0, 0.1) is 0 Å². The second-order valence-corrected chi connectivity index (χ2v) is 4.83. The molecule has 0 aliphatic heterocycles. The smallest absolute Gasteiger partial charge is 0.433 e. The van der Waals surface area contributed by atoms with Crippen LogP contribution < -0.4 is 0 Å². The zero-order chi connectivity index (χ0) is 17.6. The van der Waals surface area contributed by atoms with Gasteiger partial charge in [0.25, 0.3) is 6.10 Å². The van der Waals surface area contributed by atoms with E-state index in [1.807, 2.05) is 0 Å². The molecule has 3 nitrogen and oxygen atoms in total. The summed E-state index contributed by atoms with van der Waals surface area (Å²) in [5, 5.41) is 0. The Kier molecular flexibility index (Phi) is 5.52. The van der Waals surface area contributed by atoms with E-state index in [-0.39, 0.29) is 5.56 Å². The molecule has 1 atom stereocenters. The molecule has 0 amide bonds. The normalized spacial score (nSPS) is 12.8. The predicted octanol–water partition coefficient (Wildman–Crippen LogP) is 4.06. The van der Waals surface area contributed by atoms with Gasteiger partial charge in [-0.05, 0) is 11.6 Å². The van der Waals surface area contributed by atoms with Crippen molar-refractivity contribution < 1.29 is 27.5 Å². The fourth-order valence-electron chi connectivity index (χ4n) is 1.91. The molecule has 2 rings (SSSR count). The minimum absolute atomic E-state index is 0.181. The number of Topliss-reactive ketones (excluding diaryl/α,β-unsaturated/α-hetero) is 1. The first kappa shape index (κ1) is 17.5. The molecule has 0 aliphatic rings. The molecule has 0 saturated heterocycles. The number of carbonyl (C=O) groups is 2. The van der Waals surface area contributed by atoms with Crippen LogP contribution in [0.1, 0.15) is 15.9 Å². The van der Waals surface area contributed by atoms with Crippen LogP contribution in [0.2, 0.25) is 0 Å². The first-order chi connectivity index (χ1) is 11.4. The first-order valence-corrected chi connectivity index (χ1v) is 6.97. The van der Waals surface area contributed by atoms with E-state index in [4.69, 9.17) is 0 Å². The minimum atomic E-state index is -5.00. The number of ketones is 1. The number of esters is 1. The molecule has 1 unspecified atom stereocenters. The van der Waals surface area contributed by atoms with E-state index in [1.165, 1.54) is 30.3 Å².